The summed E-state index contributed by atoms with van der Waals surface area (Å²) in [5, 5.41) is 2.65. The van der Waals surface area contributed by atoms with Gasteiger partial charge >= 0.3 is 0 Å². The molecule has 0 bridgehead atoms. The number of carbonyl (C=O) groups is 1. The molecular weight excluding hydrogens is 174 g/mol. The third-order valence-corrected chi connectivity index (χ3v) is 2.69. The number of hydrogen-bond donors (Lipinski definition) is 1. The molecule has 1 fully saturated rings. The summed E-state index contributed by atoms with van der Waals surface area (Å²) in [4.78, 5) is 11.5. The maximum absolute atomic E-state index is 11.5. The zero-order valence-electron chi connectivity index (χ0n) is 8.55. The van der Waals surface area contributed by atoms with Gasteiger partial charge in [-0.1, -0.05) is 6.07 Å². The minimum atomic E-state index is -0.0127. The van der Waals surface area contributed by atoms with Gasteiger partial charge in [-0.2, -0.15) is 0 Å². The lowest BCUT2D eigenvalue weighted by molar-refractivity contribution is 0.0962. The van der Waals surface area contributed by atoms with Crippen LogP contribution in [0.25, 0.3) is 0 Å². The molecule has 0 atom stereocenters. The molecule has 0 heterocycles. The third-order valence-electron chi connectivity index (χ3n) is 2.69. The van der Waals surface area contributed by atoms with Gasteiger partial charge in [0.2, 0.25) is 0 Å². The monoisotopic (exact) mass is 188 g/mol. The van der Waals surface area contributed by atoms with Gasteiger partial charge in [-0.15, -0.1) is 0 Å². The lowest BCUT2D eigenvalue weighted by Crippen LogP contribution is -2.19. The second-order valence-corrected chi connectivity index (χ2v) is 3.83. The van der Waals surface area contributed by atoms with E-state index in [4.69, 9.17) is 0 Å². The molecule has 1 aromatic rings. The fourth-order valence-corrected chi connectivity index (χ4v) is 1.61. The van der Waals surface area contributed by atoms with Crippen molar-refractivity contribution in [1.29, 1.82) is 0 Å². The van der Waals surface area contributed by atoms with Gasteiger partial charge in [0.15, 0.2) is 0 Å². The van der Waals surface area contributed by atoms with E-state index in [1.54, 1.807) is 7.05 Å². The summed E-state index contributed by atoms with van der Waals surface area (Å²) in [6.45, 7) is 1.92. The number of carbonyl (C=O) groups excluding carboxylic acids is 1. The van der Waals surface area contributed by atoms with Crippen molar-refractivity contribution in [2.75, 3.05) is 7.05 Å². The van der Waals surface area contributed by atoms with E-state index in [0.29, 0.717) is 5.92 Å². The van der Waals surface area contributed by atoms with Crippen molar-refractivity contribution in [2.45, 2.75) is 25.7 Å². The standard InChI is InChI=1S/C12H14NO/c1-8-3-4-10(9-5-6-9)7-11(8)12(14)13-2/h4,7,9H,5-6H2,1-2H3,(H,13,14). The summed E-state index contributed by atoms with van der Waals surface area (Å²) in [6, 6.07) is 7.16. The molecule has 1 N–H and O–H groups in total. The molecule has 0 aliphatic heterocycles. The van der Waals surface area contributed by atoms with Gasteiger partial charge in [0, 0.05) is 12.6 Å². The van der Waals surface area contributed by atoms with Crippen LogP contribution in [0.4, 0.5) is 0 Å². The maximum Gasteiger partial charge on any atom is 0.251 e. The van der Waals surface area contributed by atoms with E-state index < -0.39 is 0 Å². The van der Waals surface area contributed by atoms with Gasteiger partial charge in [-0.3, -0.25) is 4.79 Å². The molecule has 14 heavy (non-hydrogen) atoms. The molecular formula is C12H14NO. The average Bonchev–Trinajstić information content (AvgIpc) is 3.01. The molecule has 1 amide bonds. The van der Waals surface area contributed by atoms with Gasteiger partial charge in [-0.25, -0.2) is 0 Å². The molecule has 1 aliphatic carbocycles. The molecule has 0 spiro atoms. The fourth-order valence-electron chi connectivity index (χ4n) is 1.61. The highest BCUT2D eigenvalue weighted by Gasteiger charge is 2.24. The second-order valence-electron chi connectivity index (χ2n) is 3.83. The zero-order chi connectivity index (χ0) is 10.1. The predicted octanol–water partition coefficient (Wildman–Crippen LogP) is 2.03. The highest BCUT2D eigenvalue weighted by atomic mass is 16.1. The maximum atomic E-state index is 11.5. The van der Waals surface area contributed by atoms with E-state index >= 15 is 0 Å². The Balaban J connectivity index is 2.36. The molecule has 1 aliphatic rings. The van der Waals surface area contributed by atoms with Crippen molar-refractivity contribution >= 4 is 5.91 Å². The SMILES string of the molecule is CNC(=O)c1cc(C2CC2)c[c]c1C. The Morgan fingerprint density at radius 3 is 2.86 bits per heavy atom. The van der Waals surface area contributed by atoms with Crippen LogP contribution in [0.3, 0.4) is 0 Å². The van der Waals surface area contributed by atoms with E-state index in [1.807, 2.05) is 19.1 Å². The van der Waals surface area contributed by atoms with Gasteiger partial charge in [0.1, 0.15) is 0 Å². The van der Waals surface area contributed by atoms with Crippen molar-refractivity contribution in [3.8, 4) is 0 Å². The normalized spacial score (nSPS) is 15.3. The van der Waals surface area contributed by atoms with E-state index in [1.165, 1.54) is 18.4 Å². The van der Waals surface area contributed by atoms with Crippen LogP contribution in [0.1, 0.15) is 40.2 Å². The van der Waals surface area contributed by atoms with Crippen molar-refractivity contribution in [2.24, 2.45) is 0 Å². The number of rotatable bonds is 2. The number of amides is 1. The van der Waals surface area contributed by atoms with Crippen LogP contribution < -0.4 is 5.32 Å². The Morgan fingerprint density at radius 2 is 2.29 bits per heavy atom. The van der Waals surface area contributed by atoms with Crippen molar-refractivity contribution in [1.82, 2.24) is 5.32 Å². The quantitative estimate of drug-likeness (QED) is 0.756. The summed E-state index contributed by atoms with van der Waals surface area (Å²) < 4.78 is 0. The highest BCUT2D eigenvalue weighted by Crippen LogP contribution is 2.40. The minimum absolute atomic E-state index is 0.0127. The van der Waals surface area contributed by atoms with Crippen molar-refractivity contribution in [3.63, 3.8) is 0 Å². The summed E-state index contributed by atoms with van der Waals surface area (Å²) >= 11 is 0. The smallest absolute Gasteiger partial charge is 0.251 e. The third kappa shape index (κ3) is 1.65. The fraction of sp³-hybridized carbons (Fsp3) is 0.417. The van der Waals surface area contributed by atoms with Crippen LogP contribution in [0, 0.1) is 13.0 Å². The average molecular weight is 188 g/mol. The Kier molecular flexibility index (Phi) is 2.28. The second kappa shape index (κ2) is 3.45. The first-order valence-corrected chi connectivity index (χ1v) is 4.96. The van der Waals surface area contributed by atoms with E-state index in [2.05, 4.69) is 11.4 Å². The summed E-state index contributed by atoms with van der Waals surface area (Å²) in [6.07, 6.45) is 2.51. The van der Waals surface area contributed by atoms with Crippen molar-refractivity contribution < 1.29 is 4.79 Å². The minimum Gasteiger partial charge on any atom is -0.355 e. The van der Waals surface area contributed by atoms with Gasteiger partial charge in [-0.05, 0) is 48.9 Å². The van der Waals surface area contributed by atoms with Gasteiger partial charge in [0.25, 0.3) is 5.91 Å². The lowest BCUT2D eigenvalue weighted by atomic mass is 10.0. The first kappa shape index (κ1) is 9.25. The first-order valence-electron chi connectivity index (χ1n) is 4.96. The molecule has 0 aromatic heterocycles. The topological polar surface area (TPSA) is 29.1 Å². The number of hydrogen-bond acceptors (Lipinski definition) is 1. The zero-order valence-corrected chi connectivity index (χ0v) is 8.55. The van der Waals surface area contributed by atoms with Crippen molar-refractivity contribution in [3.05, 3.63) is 34.9 Å². The number of aryl methyl sites for hydroxylation is 1. The number of nitrogens with one attached hydrogen (secondary N) is 1. The number of benzene rings is 1. The molecule has 2 heteroatoms. The first-order chi connectivity index (χ1) is 6.72. The molecule has 1 radical (unpaired) electrons. The molecule has 1 saturated carbocycles. The van der Waals surface area contributed by atoms with E-state index in [9.17, 15) is 4.79 Å². The lowest BCUT2D eigenvalue weighted by Gasteiger charge is -2.06. The van der Waals surface area contributed by atoms with Crippen LogP contribution in [-0.4, -0.2) is 13.0 Å². The summed E-state index contributed by atoms with van der Waals surface area (Å²) in [5.41, 5.74) is 2.94. The van der Waals surface area contributed by atoms with Gasteiger partial charge < -0.3 is 5.32 Å². The van der Waals surface area contributed by atoms with Crippen LogP contribution >= 0.6 is 0 Å². The largest absolute Gasteiger partial charge is 0.355 e. The molecule has 0 unspecified atom stereocenters. The Labute approximate surface area is 84.3 Å². The van der Waals surface area contributed by atoms with Crippen LogP contribution in [0.15, 0.2) is 12.1 Å². The van der Waals surface area contributed by atoms with Crippen LogP contribution in [0.5, 0.6) is 0 Å². The van der Waals surface area contributed by atoms with Crippen LogP contribution in [0.2, 0.25) is 0 Å². The Morgan fingerprint density at radius 1 is 1.57 bits per heavy atom. The molecule has 2 rings (SSSR count). The Bertz CT molecular complexity index is 367. The molecule has 1 aromatic carbocycles. The predicted molar refractivity (Wildman–Crippen MR) is 55.4 cm³/mol. The van der Waals surface area contributed by atoms with E-state index in [0.717, 1.165) is 11.1 Å². The van der Waals surface area contributed by atoms with E-state index in [-0.39, 0.29) is 5.91 Å². The van der Waals surface area contributed by atoms with Crippen LogP contribution in [-0.2, 0) is 0 Å². The Hall–Kier alpha value is -1.31. The van der Waals surface area contributed by atoms with Gasteiger partial charge in [0.05, 0.1) is 0 Å². The summed E-state index contributed by atoms with van der Waals surface area (Å²) in [5.74, 6) is 0.663. The molecule has 2 nitrogen and oxygen atoms in total. The highest BCUT2D eigenvalue weighted by molar-refractivity contribution is 5.95. The molecule has 0 saturated heterocycles. The molecule has 73 valence electrons. The summed E-state index contributed by atoms with van der Waals surface area (Å²) in [7, 11) is 1.66.